The molecular formula is C16H25NO. The van der Waals surface area contributed by atoms with Crippen LogP contribution in [0.5, 0.6) is 0 Å². The van der Waals surface area contributed by atoms with Crippen LogP contribution in [0.1, 0.15) is 42.0 Å². The van der Waals surface area contributed by atoms with Crippen molar-refractivity contribution in [2.24, 2.45) is 5.41 Å². The van der Waals surface area contributed by atoms with Crippen LogP contribution in [-0.4, -0.2) is 30.7 Å². The standard InChI is InChI=1S/C16H25NO/c1-12-6-7-13(2)14(10-12)15(17(3)4)16(11-18)8-5-9-16/h6-7,10,15,18H,5,8-9,11H2,1-4H3. The third kappa shape index (κ3) is 2.19. The van der Waals surface area contributed by atoms with Gasteiger partial charge in [0.1, 0.15) is 0 Å². The normalized spacial score (nSPS) is 19.7. The molecule has 1 N–H and O–H groups in total. The van der Waals surface area contributed by atoms with Gasteiger partial charge in [-0.1, -0.05) is 30.2 Å². The molecule has 2 nitrogen and oxygen atoms in total. The molecule has 0 bridgehead atoms. The maximum absolute atomic E-state index is 9.85. The van der Waals surface area contributed by atoms with Gasteiger partial charge in [-0.25, -0.2) is 0 Å². The molecule has 0 radical (unpaired) electrons. The molecule has 1 saturated carbocycles. The van der Waals surface area contributed by atoms with E-state index < -0.39 is 0 Å². The highest BCUT2D eigenvalue weighted by Gasteiger charge is 2.45. The number of aryl methyl sites for hydroxylation is 2. The van der Waals surface area contributed by atoms with Crippen LogP contribution in [0.15, 0.2) is 18.2 Å². The van der Waals surface area contributed by atoms with Crippen LogP contribution in [0.3, 0.4) is 0 Å². The fourth-order valence-electron chi connectivity index (χ4n) is 3.36. The molecule has 0 amide bonds. The fraction of sp³-hybridized carbons (Fsp3) is 0.625. The van der Waals surface area contributed by atoms with Crippen LogP contribution in [-0.2, 0) is 0 Å². The molecule has 1 aromatic carbocycles. The van der Waals surface area contributed by atoms with Crippen LogP contribution in [0, 0.1) is 19.3 Å². The lowest BCUT2D eigenvalue weighted by atomic mass is 9.62. The molecule has 1 fully saturated rings. The Hall–Kier alpha value is -0.860. The van der Waals surface area contributed by atoms with Crippen LogP contribution < -0.4 is 0 Å². The molecule has 0 saturated heterocycles. The molecule has 2 rings (SSSR count). The Labute approximate surface area is 111 Å². The van der Waals surface area contributed by atoms with Gasteiger partial charge in [0, 0.05) is 11.5 Å². The predicted octanol–water partition coefficient (Wildman–Crippen LogP) is 3.07. The zero-order valence-electron chi connectivity index (χ0n) is 12.0. The van der Waals surface area contributed by atoms with Crippen molar-refractivity contribution in [3.05, 3.63) is 34.9 Å². The summed E-state index contributed by atoms with van der Waals surface area (Å²) in [5, 5.41) is 9.85. The number of benzene rings is 1. The summed E-state index contributed by atoms with van der Waals surface area (Å²) < 4.78 is 0. The van der Waals surface area contributed by atoms with Crippen LogP contribution in [0.25, 0.3) is 0 Å². The van der Waals surface area contributed by atoms with E-state index in [9.17, 15) is 5.11 Å². The average Bonchev–Trinajstić information content (AvgIpc) is 2.26. The third-order valence-electron chi connectivity index (χ3n) is 4.49. The number of rotatable bonds is 4. The monoisotopic (exact) mass is 247 g/mol. The maximum atomic E-state index is 9.85. The molecule has 100 valence electrons. The quantitative estimate of drug-likeness (QED) is 0.884. The highest BCUT2D eigenvalue weighted by atomic mass is 16.3. The molecule has 0 aliphatic heterocycles. The van der Waals surface area contributed by atoms with Crippen LogP contribution in [0.2, 0.25) is 0 Å². The number of nitrogens with zero attached hydrogens (tertiary/aromatic N) is 1. The fourth-order valence-corrected chi connectivity index (χ4v) is 3.36. The molecule has 1 aromatic rings. The van der Waals surface area contributed by atoms with Gasteiger partial charge in [0.15, 0.2) is 0 Å². The second kappa shape index (κ2) is 5.02. The van der Waals surface area contributed by atoms with Crippen molar-refractivity contribution in [3.8, 4) is 0 Å². The summed E-state index contributed by atoms with van der Waals surface area (Å²) in [5.41, 5.74) is 4.09. The van der Waals surface area contributed by atoms with E-state index in [0.29, 0.717) is 12.6 Å². The summed E-state index contributed by atoms with van der Waals surface area (Å²) in [6, 6.07) is 6.98. The van der Waals surface area contributed by atoms with E-state index >= 15 is 0 Å². The third-order valence-corrected chi connectivity index (χ3v) is 4.49. The van der Waals surface area contributed by atoms with Crippen molar-refractivity contribution in [2.45, 2.75) is 39.2 Å². The van der Waals surface area contributed by atoms with E-state index in [1.165, 1.54) is 23.1 Å². The zero-order chi connectivity index (χ0) is 13.3. The molecule has 0 aromatic heterocycles. The van der Waals surface area contributed by atoms with E-state index in [0.717, 1.165) is 12.8 Å². The first kappa shape index (κ1) is 13.6. The number of aliphatic hydroxyl groups excluding tert-OH is 1. The van der Waals surface area contributed by atoms with Crippen molar-refractivity contribution in [1.29, 1.82) is 0 Å². The highest BCUT2D eigenvalue weighted by molar-refractivity contribution is 5.35. The molecular weight excluding hydrogens is 222 g/mol. The summed E-state index contributed by atoms with van der Waals surface area (Å²) in [5.74, 6) is 0. The molecule has 18 heavy (non-hydrogen) atoms. The molecule has 0 spiro atoms. The van der Waals surface area contributed by atoms with Crippen molar-refractivity contribution < 1.29 is 5.11 Å². The lowest BCUT2D eigenvalue weighted by Gasteiger charge is -2.49. The number of hydrogen-bond donors (Lipinski definition) is 1. The van der Waals surface area contributed by atoms with Gasteiger partial charge in [-0.3, -0.25) is 0 Å². The Bertz CT molecular complexity index is 416. The van der Waals surface area contributed by atoms with E-state index in [4.69, 9.17) is 0 Å². The first-order valence-corrected chi connectivity index (χ1v) is 6.84. The van der Waals surface area contributed by atoms with Gasteiger partial charge < -0.3 is 10.0 Å². The number of aliphatic hydroxyl groups is 1. The van der Waals surface area contributed by atoms with Crippen LogP contribution in [0.4, 0.5) is 0 Å². The molecule has 1 unspecified atom stereocenters. The Morgan fingerprint density at radius 2 is 1.94 bits per heavy atom. The highest BCUT2D eigenvalue weighted by Crippen LogP contribution is 2.52. The molecule has 1 atom stereocenters. The smallest absolute Gasteiger partial charge is 0.0505 e. The average molecular weight is 247 g/mol. The summed E-state index contributed by atoms with van der Waals surface area (Å²) in [7, 11) is 4.25. The second-order valence-corrected chi connectivity index (χ2v) is 6.10. The van der Waals surface area contributed by atoms with Gasteiger partial charge in [-0.2, -0.15) is 0 Å². The summed E-state index contributed by atoms with van der Waals surface area (Å²) in [4.78, 5) is 2.27. The second-order valence-electron chi connectivity index (χ2n) is 6.10. The zero-order valence-corrected chi connectivity index (χ0v) is 12.0. The first-order chi connectivity index (χ1) is 8.50. The minimum atomic E-state index is 0.0715. The van der Waals surface area contributed by atoms with E-state index in [1.807, 2.05) is 0 Å². The van der Waals surface area contributed by atoms with E-state index in [1.54, 1.807) is 0 Å². The Morgan fingerprint density at radius 1 is 1.28 bits per heavy atom. The Morgan fingerprint density at radius 3 is 2.39 bits per heavy atom. The molecule has 2 heteroatoms. The van der Waals surface area contributed by atoms with Gasteiger partial charge in [-0.05, 0) is 51.9 Å². The van der Waals surface area contributed by atoms with Gasteiger partial charge in [0.2, 0.25) is 0 Å². The largest absolute Gasteiger partial charge is 0.396 e. The molecule has 1 aliphatic rings. The lowest BCUT2D eigenvalue weighted by molar-refractivity contribution is -0.0311. The topological polar surface area (TPSA) is 23.5 Å². The summed E-state index contributed by atoms with van der Waals surface area (Å²) >= 11 is 0. The van der Waals surface area contributed by atoms with Gasteiger partial charge >= 0.3 is 0 Å². The summed E-state index contributed by atoms with van der Waals surface area (Å²) in [6.07, 6.45) is 3.52. The maximum Gasteiger partial charge on any atom is 0.0505 e. The van der Waals surface area contributed by atoms with E-state index in [2.05, 4.69) is 51.0 Å². The number of hydrogen-bond acceptors (Lipinski definition) is 2. The van der Waals surface area contributed by atoms with Crippen molar-refractivity contribution in [2.75, 3.05) is 20.7 Å². The van der Waals surface area contributed by atoms with Gasteiger partial charge in [-0.15, -0.1) is 0 Å². The molecule has 1 aliphatic carbocycles. The minimum Gasteiger partial charge on any atom is -0.396 e. The lowest BCUT2D eigenvalue weighted by Crippen LogP contribution is -2.45. The van der Waals surface area contributed by atoms with Crippen molar-refractivity contribution in [1.82, 2.24) is 4.90 Å². The Balaban J connectivity index is 2.44. The van der Waals surface area contributed by atoms with Crippen molar-refractivity contribution >= 4 is 0 Å². The summed E-state index contributed by atoms with van der Waals surface area (Å²) in [6.45, 7) is 4.61. The molecule has 0 heterocycles. The minimum absolute atomic E-state index is 0.0715. The van der Waals surface area contributed by atoms with Crippen molar-refractivity contribution in [3.63, 3.8) is 0 Å². The first-order valence-electron chi connectivity index (χ1n) is 6.84. The van der Waals surface area contributed by atoms with Gasteiger partial charge in [0.25, 0.3) is 0 Å². The van der Waals surface area contributed by atoms with E-state index in [-0.39, 0.29) is 5.41 Å². The SMILES string of the molecule is Cc1ccc(C)c(C(N(C)C)C2(CO)CCC2)c1. The Kier molecular flexibility index (Phi) is 3.79. The van der Waals surface area contributed by atoms with Gasteiger partial charge in [0.05, 0.1) is 6.61 Å². The predicted molar refractivity (Wildman–Crippen MR) is 75.7 cm³/mol. The van der Waals surface area contributed by atoms with Crippen LogP contribution >= 0.6 is 0 Å².